The zero-order valence-corrected chi connectivity index (χ0v) is 17.2. The third-order valence-electron chi connectivity index (χ3n) is 4.06. The summed E-state index contributed by atoms with van der Waals surface area (Å²) < 4.78 is 81.9. The molecule has 1 aromatic heterocycles. The Morgan fingerprint density at radius 1 is 0.970 bits per heavy atom. The number of nitrogens with one attached hydrogen (secondary N) is 2. The van der Waals surface area contributed by atoms with E-state index in [0.717, 1.165) is 24.3 Å². The molecule has 3 rings (SSSR count). The summed E-state index contributed by atoms with van der Waals surface area (Å²) in [4.78, 5) is 8.20. The second-order valence-corrected chi connectivity index (χ2v) is 6.88. The lowest BCUT2D eigenvalue weighted by Crippen LogP contribution is -2.17. The maximum absolute atomic E-state index is 13.4. The quantitative estimate of drug-likeness (QED) is 0.358. The summed E-state index contributed by atoms with van der Waals surface area (Å²) in [5.74, 6) is -0.726. The highest BCUT2D eigenvalue weighted by molar-refractivity contribution is 6.33. The molecule has 0 atom stereocenters. The van der Waals surface area contributed by atoms with Crippen LogP contribution in [0.1, 0.15) is 5.56 Å². The Morgan fingerprint density at radius 2 is 1.70 bits per heavy atom. The molecule has 0 unspecified atom stereocenters. The summed E-state index contributed by atoms with van der Waals surface area (Å²) in [6, 6.07) is 9.34. The lowest BCUT2D eigenvalue weighted by atomic mass is 10.1. The third kappa shape index (κ3) is 6.62. The van der Waals surface area contributed by atoms with Gasteiger partial charge in [0.1, 0.15) is 11.6 Å². The van der Waals surface area contributed by atoms with Gasteiger partial charge in [-0.3, -0.25) is 0 Å². The number of aliphatic hydroxyl groups excluding tert-OH is 1. The number of hydrogen-bond acceptors (Lipinski definition) is 6. The fourth-order valence-corrected chi connectivity index (χ4v) is 3.00. The number of para-hydroxylation sites is 1. The number of aromatic nitrogens is 2. The molecular formula is C20H15ClF6N4O2. The first-order valence-electron chi connectivity index (χ1n) is 9.19. The summed E-state index contributed by atoms with van der Waals surface area (Å²) in [6.45, 7) is -0.284. The zero-order valence-electron chi connectivity index (χ0n) is 16.4. The van der Waals surface area contributed by atoms with E-state index in [9.17, 15) is 26.3 Å². The number of ether oxygens (including phenoxy) is 1. The average Bonchev–Trinajstić information content (AvgIpc) is 2.72. The van der Waals surface area contributed by atoms with E-state index in [4.69, 9.17) is 16.7 Å². The molecule has 6 nitrogen and oxygen atoms in total. The molecule has 0 fully saturated rings. The van der Waals surface area contributed by atoms with Crippen molar-refractivity contribution >= 4 is 29.1 Å². The van der Waals surface area contributed by atoms with Crippen molar-refractivity contribution in [3.8, 4) is 17.0 Å². The fourth-order valence-electron chi connectivity index (χ4n) is 2.77. The van der Waals surface area contributed by atoms with E-state index >= 15 is 0 Å². The lowest BCUT2D eigenvalue weighted by Gasteiger charge is -2.17. The highest BCUT2D eigenvalue weighted by atomic mass is 35.5. The van der Waals surface area contributed by atoms with Gasteiger partial charge in [0.2, 0.25) is 5.95 Å². The van der Waals surface area contributed by atoms with Crippen LogP contribution in [0.15, 0.2) is 48.5 Å². The maximum atomic E-state index is 13.4. The van der Waals surface area contributed by atoms with Crippen molar-refractivity contribution < 1.29 is 36.2 Å². The minimum Gasteiger partial charge on any atom is -0.406 e. The smallest absolute Gasteiger partial charge is 0.406 e. The van der Waals surface area contributed by atoms with Crippen LogP contribution in [0, 0.1) is 0 Å². The van der Waals surface area contributed by atoms with Gasteiger partial charge in [-0.2, -0.15) is 18.2 Å². The zero-order chi connectivity index (χ0) is 24.2. The Labute approximate surface area is 188 Å². The largest absolute Gasteiger partial charge is 0.573 e. The maximum Gasteiger partial charge on any atom is 0.573 e. The van der Waals surface area contributed by atoms with E-state index in [2.05, 4.69) is 25.3 Å². The molecule has 3 aromatic rings. The Hall–Kier alpha value is -3.25. The molecule has 0 aliphatic heterocycles. The van der Waals surface area contributed by atoms with Gasteiger partial charge in [-0.25, -0.2) is 4.98 Å². The Morgan fingerprint density at radius 3 is 2.36 bits per heavy atom. The van der Waals surface area contributed by atoms with Gasteiger partial charge >= 0.3 is 12.5 Å². The van der Waals surface area contributed by atoms with Crippen molar-refractivity contribution in [1.82, 2.24) is 9.97 Å². The second kappa shape index (κ2) is 9.71. The molecule has 2 aromatic carbocycles. The van der Waals surface area contributed by atoms with Crippen LogP contribution in [-0.4, -0.2) is 34.6 Å². The number of nitrogens with zero attached hydrogens (tertiary/aromatic N) is 2. The molecule has 0 spiro atoms. The number of anilines is 3. The van der Waals surface area contributed by atoms with Crippen molar-refractivity contribution in [2.75, 3.05) is 23.8 Å². The van der Waals surface area contributed by atoms with Gasteiger partial charge in [-0.15, -0.1) is 13.2 Å². The van der Waals surface area contributed by atoms with Gasteiger partial charge in [0.15, 0.2) is 0 Å². The third-order valence-corrected chi connectivity index (χ3v) is 4.37. The second-order valence-electron chi connectivity index (χ2n) is 6.47. The Bertz CT molecular complexity index is 1120. The fraction of sp³-hybridized carbons (Fsp3) is 0.200. The van der Waals surface area contributed by atoms with Crippen LogP contribution in [0.5, 0.6) is 5.75 Å². The van der Waals surface area contributed by atoms with Crippen LogP contribution in [0.2, 0.25) is 5.02 Å². The number of halogens is 7. The lowest BCUT2D eigenvalue weighted by molar-refractivity contribution is -0.274. The summed E-state index contributed by atoms with van der Waals surface area (Å²) in [5, 5.41) is 14.0. The molecule has 3 N–H and O–H groups in total. The number of rotatable bonds is 7. The molecule has 0 bridgehead atoms. The molecule has 0 radical (unpaired) electrons. The van der Waals surface area contributed by atoms with E-state index in [1.807, 2.05) is 0 Å². The summed E-state index contributed by atoms with van der Waals surface area (Å²) in [6.07, 6.45) is -9.63. The number of aliphatic hydroxyl groups is 1. The van der Waals surface area contributed by atoms with Gasteiger partial charge in [-0.1, -0.05) is 29.8 Å². The van der Waals surface area contributed by atoms with Gasteiger partial charge in [0, 0.05) is 18.2 Å². The monoisotopic (exact) mass is 492 g/mol. The first kappa shape index (κ1) is 24.4. The number of hydrogen-bond donors (Lipinski definition) is 3. The summed E-state index contributed by atoms with van der Waals surface area (Å²) in [5.41, 5.74) is -1.26. The predicted molar refractivity (Wildman–Crippen MR) is 109 cm³/mol. The van der Waals surface area contributed by atoms with E-state index in [1.165, 1.54) is 24.3 Å². The van der Waals surface area contributed by atoms with Crippen molar-refractivity contribution in [3.63, 3.8) is 0 Å². The molecule has 1 heterocycles. The molecule has 0 saturated heterocycles. The average molecular weight is 493 g/mol. The Balaban J connectivity index is 2.05. The van der Waals surface area contributed by atoms with Crippen molar-refractivity contribution in [1.29, 1.82) is 0 Å². The van der Waals surface area contributed by atoms with Crippen LogP contribution in [0.25, 0.3) is 11.3 Å². The van der Waals surface area contributed by atoms with Gasteiger partial charge in [0.05, 0.1) is 28.6 Å². The molecular weight excluding hydrogens is 478 g/mol. The van der Waals surface area contributed by atoms with Crippen LogP contribution in [0.3, 0.4) is 0 Å². The normalized spacial score (nSPS) is 11.9. The van der Waals surface area contributed by atoms with Gasteiger partial charge in [0.25, 0.3) is 0 Å². The molecule has 0 aliphatic carbocycles. The first-order chi connectivity index (χ1) is 15.5. The van der Waals surface area contributed by atoms with Crippen LogP contribution in [-0.2, 0) is 6.18 Å². The van der Waals surface area contributed by atoms with E-state index < -0.39 is 29.5 Å². The van der Waals surface area contributed by atoms with Crippen LogP contribution >= 0.6 is 11.6 Å². The van der Waals surface area contributed by atoms with E-state index in [-0.39, 0.29) is 41.2 Å². The SMILES string of the molecule is OCCNc1nc(Nc2c(Cl)cccc2C(F)(F)F)cc(-c2cccc(OC(F)(F)F)c2)n1. The standard InChI is InChI=1S/C20H15ClF6N4O2/c21-14-6-2-5-13(19(22,23)24)17(14)30-16-10-15(29-18(31-16)28-7-8-32)11-3-1-4-12(9-11)33-20(25,26)27/h1-6,9-10,32H,7-8H2,(H2,28,29,30,31). The van der Waals surface area contributed by atoms with Crippen LogP contribution in [0.4, 0.5) is 43.8 Å². The summed E-state index contributed by atoms with van der Waals surface area (Å²) >= 11 is 5.97. The minimum absolute atomic E-state index is 0.0139. The van der Waals surface area contributed by atoms with Gasteiger partial charge in [-0.05, 0) is 24.3 Å². The molecule has 0 amide bonds. The topological polar surface area (TPSA) is 79.3 Å². The Kier molecular flexibility index (Phi) is 7.18. The molecule has 33 heavy (non-hydrogen) atoms. The van der Waals surface area contributed by atoms with Crippen molar-refractivity contribution in [2.24, 2.45) is 0 Å². The van der Waals surface area contributed by atoms with E-state index in [0.29, 0.717) is 0 Å². The van der Waals surface area contributed by atoms with Gasteiger partial charge < -0.3 is 20.5 Å². The molecule has 0 saturated carbocycles. The summed E-state index contributed by atoms with van der Waals surface area (Å²) in [7, 11) is 0. The van der Waals surface area contributed by atoms with Crippen molar-refractivity contribution in [2.45, 2.75) is 12.5 Å². The molecule has 13 heteroatoms. The first-order valence-corrected chi connectivity index (χ1v) is 9.57. The van der Waals surface area contributed by atoms with Crippen molar-refractivity contribution in [3.05, 3.63) is 59.1 Å². The van der Waals surface area contributed by atoms with Crippen LogP contribution < -0.4 is 15.4 Å². The number of benzene rings is 2. The minimum atomic E-state index is -4.91. The molecule has 0 aliphatic rings. The highest BCUT2D eigenvalue weighted by Gasteiger charge is 2.34. The molecule has 176 valence electrons. The highest BCUT2D eigenvalue weighted by Crippen LogP contribution is 2.40. The number of alkyl halides is 6. The van der Waals surface area contributed by atoms with E-state index in [1.54, 1.807) is 0 Å². The predicted octanol–water partition coefficient (Wildman–Crippen LogP) is 5.86.